The molecule has 26 heavy (non-hydrogen) atoms. The van der Waals surface area contributed by atoms with Crippen LogP contribution in [0, 0.1) is 19.8 Å². The molecule has 2 aromatic heterocycles. The number of methoxy groups -OCH3 is 1. The van der Waals surface area contributed by atoms with Crippen molar-refractivity contribution in [3.05, 3.63) is 23.5 Å². The molecule has 7 nitrogen and oxygen atoms in total. The van der Waals surface area contributed by atoms with Gasteiger partial charge in [-0.15, -0.1) is 10.2 Å². The first-order valence-electron chi connectivity index (χ1n) is 9.10. The highest BCUT2D eigenvalue weighted by Crippen LogP contribution is 2.29. The first kappa shape index (κ1) is 18.8. The van der Waals surface area contributed by atoms with Gasteiger partial charge in [-0.3, -0.25) is 9.36 Å². The van der Waals surface area contributed by atoms with E-state index in [4.69, 9.17) is 4.74 Å². The highest BCUT2D eigenvalue weighted by atomic mass is 32.1. The van der Waals surface area contributed by atoms with Crippen molar-refractivity contribution in [2.75, 3.05) is 38.3 Å². The molecule has 1 amide bonds. The first-order valence-corrected chi connectivity index (χ1v) is 9.92. The molecule has 0 bridgehead atoms. The van der Waals surface area contributed by atoms with E-state index in [0.717, 1.165) is 47.5 Å². The number of aryl methyl sites for hydroxylation is 2. The van der Waals surface area contributed by atoms with Gasteiger partial charge in [0.05, 0.1) is 5.92 Å². The zero-order valence-corrected chi connectivity index (χ0v) is 16.5. The third kappa shape index (κ3) is 4.24. The fraction of sp³-hybridized carbons (Fsp3) is 0.611. The predicted octanol–water partition coefficient (Wildman–Crippen LogP) is 2.31. The summed E-state index contributed by atoms with van der Waals surface area (Å²) in [5.74, 6) is 0.140. The van der Waals surface area contributed by atoms with Crippen LogP contribution < -0.4 is 10.2 Å². The Balaban J connectivity index is 1.62. The van der Waals surface area contributed by atoms with Crippen molar-refractivity contribution < 1.29 is 9.53 Å². The quantitative estimate of drug-likeness (QED) is 0.750. The number of carbonyl (C=O) groups excluding carboxylic acids is 1. The maximum Gasteiger partial charge on any atom is 0.224 e. The topological polar surface area (TPSA) is 72.3 Å². The molecular formula is C18H27N5O2S. The van der Waals surface area contributed by atoms with E-state index in [9.17, 15) is 4.79 Å². The molecule has 0 aromatic carbocycles. The number of amides is 1. The van der Waals surface area contributed by atoms with Gasteiger partial charge >= 0.3 is 0 Å². The summed E-state index contributed by atoms with van der Waals surface area (Å²) in [6, 6.07) is 4.17. The van der Waals surface area contributed by atoms with Crippen molar-refractivity contribution in [2.45, 2.75) is 33.1 Å². The van der Waals surface area contributed by atoms with Gasteiger partial charge in [-0.1, -0.05) is 11.3 Å². The molecule has 0 radical (unpaired) electrons. The zero-order chi connectivity index (χ0) is 18.5. The molecule has 0 aliphatic carbocycles. The highest BCUT2D eigenvalue weighted by molar-refractivity contribution is 7.17. The van der Waals surface area contributed by atoms with Crippen LogP contribution >= 0.6 is 11.3 Å². The lowest BCUT2D eigenvalue weighted by Crippen LogP contribution is -2.43. The van der Waals surface area contributed by atoms with Gasteiger partial charge in [-0.2, -0.15) is 0 Å². The second kappa shape index (κ2) is 8.64. The van der Waals surface area contributed by atoms with Crippen LogP contribution in [0.1, 0.15) is 30.7 Å². The monoisotopic (exact) mass is 377 g/mol. The summed E-state index contributed by atoms with van der Waals surface area (Å²) >= 11 is 1.58. The molecule has 3 heterocycles. The molecule has 8 heteroatoms. The molecule has 1 aliphatic heterocycles. The third-order valence-electron chi connectivity index (χ3n) is 4.75. The number of ether oxygens (including phenoxy) is 1. The van der Waals surface area contributed by atoms with E-state index < -0.39 is 0 Å². The Morgan fingerprint density at radius 2 is 2.04 bits per heavy atom. The van der Waals surface area contributed by atoms with Crippen molar-refractivity contribution in [3.63, 3.8) is 0 Å². The molecule has 1 aliphatic rings. The average Bonchev–Trinajstić information content (AvgIpc) is 3.25. The van der Waals surface area contributed by atoms with Crippen LogP contribution in [0.15, 0.2) is 12.1 Å². The number of rotatable bonds is 7. The molecule has 0 spiro atoms. The molecular weight excluding hydrogens is 350 g/mol. The van der Waals surface area contributed by atoms with Crippen LogP contribution in [0.25, 0.3) is 5.13 Å². The van der Waals surface area contributed by atoms with E-state index in [2.05, 4.69) is 51.0 Å². The van der Waals surface area contributed by atoms with Gasteiger partial charge in [0.1, 0.15) is 0 Å². The Morgan fingerprint density at radius 1 is 1.31 bits per heavy atom. The Bertz CT molecular complexity index is 722. The van der Waals surface area contributed by atoms with Crippen LogP contribution in [0.2, 0.25) is 0 Å². The van der Waals surface area contributed by atoms with Gasteiger partial charge < -0.3 is 15.0 Å². The van der Waals surface area contributed by atoms with Crippen LogP contribution in [0.5, 0.6) is 0 Å². The van der Waals surface area contributed by atoms with Crippen molar-refractivity contribution in [2.24, 2.45) is 5.92 Å². The van der Waals surface area contributed by atoms with Gasteiger partial charge in [0.25, 0.3) is 0 Å². The minimum atomic E-state index is 0.00805. The Labute approximate surface area is 158 Å². The molecule has 1 atom stereocenters. The van der Waals surface area contributed by atoms with Crippen molar-refractivity contribution in [1.29, 1.82) is 0 Å². The van der Waals surface area contributed by atoms with Crippen LogP contribution in [-0.4, -0.2) is 54.0 Å². The number of hydrogen-bond donors (Lipinski definition) is 1. The molecule has 1 saturated heterocycles. The summed E-state index contributed by atoms with van der Waals surface area (Å²) in [6.07, 6.45) is 2.76. The minimum absolute atomic E-state index is 0.00805. The summed E-state index contributed by atoms with van der Waals surface area (Å²) in [6.45, 7) is 7.10. The summed E-state index contributed by atoms with van der Waals surface area (Å²) in [4.78, 5) is 14.6. The van der Waals surface area contributed by atoms with Crippen molar-refractivity contribution in [1.82, 2.24) is 20.1 Å². The van der Waals surface area contributed by atoms with Crippen LogP contribution in [-0.2, 0) is 9.53 Å². The van der Waals surface area contributed by atoms with E-state index >= 15 is 0 Å². The smallest absolute Gasteiger partial charge is 0.224 e. The number of anilines is 1. The Kier molecular flexibility index (Phi) is 6.26. The molecule has 142 valence electrons. The van der Waals surface area contributed by atoms with Gasteiger partial charge in [-0.25, -0.2) is 0 Å². The first-order chi connectivity index (χ1) is 12.6. The number of nitrogens with zero attached hydrogens (tertiary/aromatic N) is 4. The lowest BCUT2D eigenvalue weighted by molar-refractivity contribution is -0.125. The number of hydrogen-bond acceptors (Lipinski definition) is 6. The van der Waals surface area contributed by atoms with E-state index in [1.807, 2.05) is 0 Å². The molecule has 0 saturated carbocycles. The SMILES string of the molecule is COCCCNC(=O)[C@@H]1CCCN(c2nnc(-n3c(C)ccc3C)s2)C1. The van der Waals surface area contributed by atoms with Crippen LogP contribution in [0.3, 0.4) is 0 Å². The summed E-state index contributed by atoms with van der Waals surface area (Å²) in [7, 11) is 1.67. The van der Waals surface area contributed by atoms with E-state index in [0.29, 0.717) is 19.7 Å². The number of piperidine rings is 1. The Hall–Kier alpha value is -1.93. The lowest BCUT2D eigenvalue weighted by Gasteiger charge is -2.31. The van der Waals surface area contributed by atoms with Crippen molar-refractivity contribution >= 4 is 22.4 Å². The van der Waals surface area contributed by atoms with Gasteiger partial charge in [0.2, 0.25) is 16.2 Å². The third-order valence-corrected chi connectivity index (χ3v) is 5.72. The maximum atomic E-state index is 12.4. The average molecular weight is 378 g/mol. The molecule has 2 aromatic rings. The predicted molar refractivity (Wildman–Crippen MR) is 103 cm³/mol. The summed E-state index contributed by atoms with van der Waals surface area (Å²) in [5, 5.41) is 13.5. The standard InChI is InChI=1S/C18H27N5O2S/c1-13-7-8-14(2)23(13)18-21-20-17(26-18)22-10-4-6-15(12-22)16(24)19-9-5-11-25-3/h7-8,15H,4-6,9-12H2,1-3H3,(H,19,24)/t15-/m1/s1. The van der Waals surface area contributed by atoms with Crippen LogP contribution in [0.4, 0.5) is 5.13 Å². The Morgan fingerprint density at radius 3 is 2.77 bits per heavy atom. The minimum Gasteiger partial charge on any atom is -0.385 e. The number of carbonyl (C=O) groups is 1. The molecule has 3 rings (SSSR count). The van der Waals surface area contributed by atoms with E-state index in [1.165, 1.54) is 0 Å². The normalized spacial score (nSPS) is 17.5. The van der Waals surface area contributed by atoms with Gasteiger partial charge in [-0.05, 0) is 45.2 Å². The molecule has 1 N–H and O–H groups in total. The summed E-state index contributed by atoms with van der Waals surface area (Å²) < 4.78 is 7.13. The van der Waals surface area contributed by atoms with E-state index in [-0.39, 0.29) is 11.8 Å². The number of nitrogens with one attached hydrogen (secondary N) is 1. The zero-order valence-electron chi connectivity index (χ0n) is 15.7. The second-order valence-electron chi connectivity index (χ2n) is 6.74. The molecule has 1 fully saturated rings. The fourth-order valence-corrected chi connectivity index (χ4v) is 4.33. The summed E-state index contributed by atoms with van der Waals surface area (Å²) in [5.41, 5.74) is 2.30. The number of aromatic nitrogens is 3. The second-order valence-corrected chi connectivity index (χ2v) is 7.68. The van der Waals surface area contributed by atoms with E-state index in [1.54, 1.807) is 18.4 Å². The maximum absolute atomic E-state index is 12.4. The largest absolute Gasteiger partial charge is 0.385 e. The van der Waals surface area contributed by atoms with Gasteiger partial charge in [0, 0.05) is 44.7 Å². The lowest BCUT2D eigenvalue weighted by atomic mass is 9.97. The molecule has 0 unspecified atom stereocenters. The highest BCUT2D eigenvalue weighted by Gasteiger charge is 2.27. The van der Waals surface area contributed by atoms with Gasteiger partial charge in [0.15, 0.2) is 0 Å². The fourth-order valence-electron chi connectivity index (χ4n) is 3.33. The van der Waals surface area contributed by atoms with Crippen molar-refractivity contribution in [3.8, 4) is 5.13 Å².